The number of piperazine rings is 1. The van der Waals surface area contributed by atoms with E-state index in [4.69, 9.17) is 0 Å². The first kappa shape index (κ1) is 16.9. The van der Waals surface area contributed by atoms with Gasteiger partial charge in [-0.3, -0.25) is 4.90 Å². The fourth-order valence-corrected chi connectivity index (χ4v) is 4.82. The Bertz CT molecular complexity index is 536. The summed E-state index contributed by atoms with van der Waals surface area (Å²) in [6.45, 7) is 8.36. The second kappa shape index (κ2) is 7.69. The van der Waals surface area contributed by atoms with E-state index in [0.717, 1.165) is 32.6 Å². The van der Waals surface area contributed by atoms with E-state index in [-0.39, 0.29) is 11.8 Å². The van der Waals surface area contributed by atoms with Crippen LogP contribution in [0.2, 0.25) is 0 Å². The van der Waals surface area contributed by atoms with Gasteiger partial charge in [0.2, 0.25) is 10.0 Å². The number of sulfonamides is 1. The average molecular weight is 332 g/mol. The molecule has 1 saturated heterocycles. The number of nitrogens with zero attached hydrogens (tertiary/aromatic N) is 1. The lowest BCUT2D eigenvalue weighted by molar-refractivity contribution is 0.253. The second-order valence-corrected chi connectivity index (χ2v) is 8.89. The van der Waals surface area contributed by atoms with E-state index in [1.54, 1.807) is 11.3 Å². The van der Waals surface area contributed by atoms with Gasteiger partial charge in [-0.25, -0.2) is 13.1 Å². The van der Waals surface area contributed by atoms with Crippen molar-refractivity contribution in [3.8, 4) is 0 Å². The minimum atomic E-state index is -3.20. The first-order valence-electron chi connectivity index (χ1n) is 7.43. The molecule has 1 aliphatic rings. The molecule has 1 aromatic rings. The maximum atomic E-state index is 12.1. The number of thiophene rings is 1. The van der Waals surface area contributed by atoms with Crippen LogP contribution in [0.1, 0.15) is 16.7 Å². The van der Waals surface area contributed by atoms with Crippen LogP contribution in [-0.2, 0) is 16.4 Å². The van der Waals surface area contributed by atoms with Crippen LogP contribution in [0.3, 0.4) is 0 Å². The first-order chi connectivity index (χ1) is 9.94. The van der Waals surface area contributed by atoms with Gasteiger partial charge in [0.05, 0.1) is 5.75 Å². The van der Waals surface area contributed by atoms with Crippen molar-refractivity contribution >= 4 is 21.4 Å². The normalized spacial score (nSPS) is 18.8. The molecule has 1 aromatic heterocycles. The minimum absolute atomic E-state index is 0.0592. The Hall–Kier alpha value is -0.470. The average Bonchev–Trinajstić information content (AvgIpc) is 2.82. The van der Waals surface area contributed by atoms with E-state index in [9.17, 15) is 8.42 Å². The Morgan fingerprint density at radius 1 is 1.38 bits per heavy atom. The SMILES string of the molecule is Cc1ccc(CC(C)NS(=O)(=O)CCN2CCNCC2)s1. The summed E-state index contributed by atoms with van der Waals surface area (Å²) < 4.78 is 27.0. The van der Waals surface area contributed by atoms with Crippen LogP contribution in [0, 0.1) is 6.92 Å². The third kappa shape index (κ3) is 6.04. The van der Waals surface area contributed by atoms with Crippen molar-refractivity contribution in [2.75, 3.05) is 38.5 Å². The van der Waals surface area contributed by atoms with Gasteiger partial charge in [0.1, 0.15) is 0 Å². The van der Waals surface area contributed by atoms with Crippen LogP contribution in [0.25, 0.3) is 0 Å². The maximum absolute atomic E-state index is 12.1. The number of hydrogen-bond acceptors (Lipinski definition) is 5. The van der Waals surface area contributed by atoms with Crippen molar-refractivity contribution in [2.24, 2.45) is 0 Å². The van der Waals surface area contributed by atoms with Crippen LogP contribution in [0.15, 0.2) is 12.1 Å². The van der Waals surface area contributed by atoms with Gasteiger partial charge in [0.15, 0.2) is 0 Å². The van der Waals surface area contributed by atoms with Crippen LogP contribution in [-0.4, -0.2) is 57.8 Å². The summed E-state index contributed by atoms with van der Waals surface area (Å²) in [6.07, 6.45) is 0.755. The quantitative estimate of drug-likeness (QED) is 0.776. The Morgan fingerprint density at radius 2 is 2.10 bits per heavy atom. The molecule has 120 valence electrons. The Balaban J connectivity index is 1.76. The molecule has 21 heavy (non-hydrogen) atoms. The smallest absolute Gasteiger partial charge is 0.213 e. The Labute approximate surface area is 131 Å². The molecule has 2 N–H and O–H groups in total. The molecule has 1 aliphatic heterocycles. The molecule has 1 fully saturated rings. The lowest BCUT2D eigenvalue weighted by Crippen LogP contribution is -2.46. The van der Waals surface area contributed by atoms with Gasteiger partial charge >= 0.3 is 0 Å². The molecule has 0 bridgehead atoms. The van der Waals surface area contributed by atoms with Gasteiger partial charge in [0, 0.05) is 48.5 Å². The molecule has 2 rings (SSSR count). The van der Waals surface area contributed by atoms with Gasteiger partial charge in [0.25, 0.3) is 0 Å². The molecule has 2 heterocycles. The number of nitrogens with one attached hydrogen (secondary N) is 2. The largest absolute Gasteiger partial charge is 0.314 e. The summed E-state index contributed by atoms with van der Waals surface area (Å²) >= 11 is 1.73. The van der Waals surface area contributed by atoms with Crippen LogP contribution >= 0.6 is 11.3 Å². The molecule has 0 aliphatic carbocycles. The van der Waals surface area contributed by atoms with Crippen molar-refractivity contribution in [3.63, 3.8) is 0 Å². The highest BCUT2D eigenvalue weighted by atomic mass is 32.2. The van der Waals surface area contributed by atoms with E-state index in [1.165, 1.54) is 9.75 Å². The monoisotopic (exact) mass is 331 g/mol. The molecule has 0 radical (unpaired) electrons. The number of aryl methyl sites for hydroxylation is 1. The number of rotatable bonds is 7. The minimum Gasteiger partial charge on any atom is -0.314 e. The zero-order chi connectivity index (χ0) is 15.3. The Morgan fingerprint density at radius 3 is 2.71 bits per heavy atom. The first-order valence-corrected chi connectivity index (χ1v) is 9.90. The van der Waals surface area contributed by atoms with Crippen LogP contribution in [0.5, 0.6) is 0 Å². The zero-order valence-electron chi connectivity index (χ0n) is 12.8. The van der Waals surface area contributed by atoms with Crippen LogP contribution < -0.4 is 10.0 Å². The highest BCUT2D eigenvalue weighted by Crippen LogP contribution is 2.16. The fraction of sp³-hybridized carbons (Fsp3) is 0.714. The van der Waals surface area contributed by atoms with Gasteiger partial charge in [-0.15, -0.1) is 11.3 Å². The lowest BCUT2D eigenvalue weighted by Gasteiger charge is -2.27. The van der Waals surface area contributed by atoms with Gasteiger partial charge in [-0.05, 0) is 32.4 Å². The predicted octanol–water partition coefficient (Wildman–Crippen LogP) is 0.812. The Kier molecular flexibility index (Phi) is 6.19. The van der Waals surface area contributed by atoms with Gasteiger partial charge < -0.3 is 5.32 Å². The van der Waals surface area contributed by atoms with E-state index in [2.05, 4.69) is 34.0 Å². The maximum Gasteiger partial charge on any atom is 0.213 e. The summed E-state index contributed by atoms with van der Waals surface area (Å²) in [5.74, 6) is 0.181. The van der Waals surface area contributed by atoms with Crippen molar-refractivity contribution in [2.45, 2.75) is 26.3 Å². The highest BCUT2D eigenvalue weighted by molar-refractivity contribution is 7.89. The number of hydrogen-bond donors (Lipinski definition) is 2. The van der Waals surface area contributed by atoms with Crippen molar-refractivity contribution in [3.05, 3.63) is 21.9 Å². The summed E-state index contributed by atoms with van der Waals surface area (Å²) in [7, 11) is -3.20. The molecular formula is C14H25N3O2S2. The van der Waals surface area contributed by atoms with E-state index >= 15 is 0 Å². The summed E-state index contributed by atoms with van der Waals surface area (Å²) in [5, 5.41) is 3.27. The molecule has 1 atom stereocenters. The third-order valence-electron chi connectivity index (χ3n) is 3.57. The summed E-state index contributed by atoms with van der Waals surface area (Å²) in [6, 6.07) is 4.09. The molecule has 0 amide bonds. The standard InChI is InChI=1S/C14H25N3O2S2/c1-12(11-14-4-3-13(2)20-14)16-21(18,19)10-9-17-7-5-15-6-8-17/h3-4,12,15-16H,5-11H2,1-2H3. The van der Waals surface area contributed by atoms with E-state index in [1.807, 2.05) is 6.92 Å². The van der Waals surface area contributed by atoms with Crippen molar-refractivity contribution in [1.82, 2.24) is 14.9 Å². The van der Waals surface area contributed by atoms with E-state index in [0.29, 0.717) is 6.54 Å². The molecule has 0 spiro atoms. The molecule has 1 unspecified atom stereocenters. The fourth-order valence-electron chi connectivity index (χ4n) is 2.49. The molecule has 0 aromatic carbocycles. The zero-order valence-corrected chi connectivity index (χ0v) is 14.4. The molecular weight excluding hydrogens is 306 g/mol. The summed E-state index contributed by atoms with van der Waals surface area (Å²) in [5.41, 5.74) is 0. The van der Waals surface area contributed by atoms with Crippen molar-refractivity contribution < 1.29 is 8.42 Å². The second-order valence-electron chi connectivity index (χ2n) is 5.65. The van der Waals surface area contributed by atoms with Crippen molar-refractivity contribution in [1.29, 1.82) is 0 Å². The molecule has 7 heteroatoms. The topological polar surface area (TPSA) is 61.4 Å². The summed E-state index contributed by atoms with van der Waals surface area (Å²) in [4.78, 5) is 4.69. The van der Waals surface area contributed by atoms with Gasteiger partial charge in [-0.2, -0.15) is 0 Å². The van der Waals surface area contributed by atoms with Gasteiger partial charge in [-0.1, -0.05) is 0 Å². The third-order valence-corrected chi connectivity index (χ3v) is 6.07. The highest BCUT2D eigenvalue weighted by Gasteiger charge is 2.18. The van der Waals surface area contributed by atoms with E-state index < -0.39 is 10.0 Å². The molecule has 5 nitrogen and oxygen atoms in total. The lowest BCUT2D eigenvalue weighted by atomic mass is 10.2. The van der Waals surface area contributed by atoms with Crippen LogP contribution in [0.4, 0.5) is 0 Å². The molecule has 0 saturated carbocycles. The predicted molar refractivity (Wildman–Crippen MR) is 88.5 cm³/mol.